The number of hydrogen-bond acceptors (Lipinski definition) is 1. The summed E-state index contributed by atoms with van der Waals surface area (Å²) in [5.74, 6) is 0. The molecular weight excluding hydrogens is 202 g/mol. The van der Waals surface area contributed by atoms with Crippen molar-refractivity contribution in [2.75, 3.05) is 6.54 Å². The fourth-order valence-corrected chi connectivity index (χ4v) is 1.71. The fraction of sp³-hybridized carbons (Fsp3) is 0.333. The summed E-state index contributed by atoms with van der Waals surface area (Å²) in [6, 6.07) is 9.09. The average molecular weight is 212 g/mol. The summed E-state index contributed by atoms with van der Waals surface area (Å²) < 4.78 is 1.17. The zero-order valence-corrected chi connectivity index (χ0v) is 7.76. The highest BCUT2D eigenvalue weighted by Crippen LogP contribution is 2.24. The Morgan fingerprint density at radius 2 is 2.27 bits per heavy atom. The lowest BCUT2D eigenvalue weighted by Gasteiger charge is -2.28. The molecule has 1 fully saturated rings. The standard InChI is InChI=1S/C9H10BrN/c10-8-3-1-2-7(6-8)9-4-5-11-9/h1-3,6,9,11H,4-5H2/t9-/m1/s1. The molecule has 11 heavy (non-hydrogen) atoms. The van der Waals surface area contributed by atoms with Crippen LogP contribution in [-0.4, -0.2) is 6.54 Å². The van der Waals surface area contributed by atoms with Gasteiger partial charge in [0.05, 0.1) is 0 Å². The molecule has 1 nitrogen and oxygen atoms in total. The number of benzene rings is 1. The van der Waals surface area contributed by atoms with Gasteiger partial charge in [0.25, 0.3) is 0 Å². The van der Waals surface area contributed by atoms with Gasteiger partial charge in [0.1, 0.15) is 0 Å². The van der Waals surface area contributed by atoms with Gasteiger partial charge in [0, 0.05) is 10.5 Å². The molecule has 58 valence electrons. The molecule has 1 heterocycles. The lowest BCUT2D eigenvalue weighted by molar-refractivity contribution is 0.383. The predicted octanol–water partition coefficient (Wildman–Crippen LogP) is 2.48. The number of halogens is 1. The van der Waals surface area contributed by atoms with E-state index in [0.29, 0.717) is 6.04 Å². The van der Waals surface area contributed by atoms with E-state index in [1.807, 2.05) is 0 Å². The third-order valence-corrected chi connectivity index (χ3v) is 2.57. The minimum atomic E-state index is 0.604. The van der Waals surface area contributed by atoms with E-state index in [4.69, 9.17) is 0 Å². The fourth-order valence-electron chi connectivity index (χ4n) is 1.30. The van der Waals surface area contributed by atoms with Crippen LogP contribution in [0.3, 0.4) is 0 Å². The first kappa shape index (κ1) is 7.32. The molecule has 1 aliphatic rings. The number of nitrogens with one attached hydrogen (secondary N) is 1. The van der Waals surface area contributed by atoms with Crippen LogP contribution in [0.2, 0.25) is 0 Å². The van der Waals surface area contributed by atoms with Crippen LogP contribution in [0.4, 0.5) is 0 Å². The maximum atomic E-state index is 3.46. The van der Waals surface area contributed by atoms with E-state index in [0.717, 1.165) is 6.54 Å². The summed E-state index contributed by atoms with van der Waals surface area (Å²) in [6.07, 6.45) is 1.27. The van der Waals surface area contributed by atoms with Crippen molar-refractivity contribution >= 4 is 15.9 Å². The zero-order chi connectivity index (χ0) is 7.68. The third kappa shape index (κ3) is 1.47. The maximum Gasteiger partial charge on any atom is 0.0332 e. The topological polar surface area (TPSA) is 12.0 Å². The Balaban J connectivity index is 2.23. The first-order valence-corrected chi connectivity index (χ1v) is 4.64. The Morgan fingerprint density at radius 1 is 1.45 bits per heavy atom. The van der Waals surface area contributed by atoms with Crippen molar-refractivity contribution in [1.29, 1.82) is 0 Å². The Hall–Kier alpha value is -0.340. The number of hydrogen-bond donors (Lipinski definition) is 1. The van der Waals surface area contributed by atoms with Crippen LogP contribution in [0, 0.1) is 0 Å². The summed E-state index contributed by atoms with van der Waals surface area (Å²) in [4.78, 5) is 0. The summed E-state index contributed by atoms with van der Waals surface area (Å²) in [5.41, 5.74) is 1.39. The minimum absolute atomic E-state index is 0.604. The van der Waals surface area contributed by atoms with Crippen molar-refractivity contribution in [3.63, 3.8) is 0 Å². The summed E-state index contributed by atoms with van der Waals surface area (Å²) in [6.45, 7) is 1.16. The Morgan fingerprint density at radius 3 is 2.82 bits per heavy atom. The molecule has 1 aliphatic heterocycles. The van der Waals surface area contributed by atoms with Crippen LogP contribution in [0.15, 0.2) is 28.7 Å². The molecule has 0 amide bonds. The predicted molar refractivity (Wildman–Crippen MR) is 49.5 cm³/mol. The van der Waals surface area contributed by atoms with Crippen molar-refractivity contribution in [3.8, 4) is 0 Å². The lowest BCUT2D eigenvalue weighted by atomic mass is 9.98. The normalized spacial score (nSPS) is 22.8. The van der Waals surface area contributed by atoms with Gasteiger partial charge >= 0.3 is 0 Å². The maximum absolute atomic E-state index is 3.46. The van der Waals surface area contributed by atoms with E-state index in [-0.39, 0.29) is 0 Å². The molecule has 2 heteroatoms. The van der Waals surface area contributed by atoms with Crippen LogP contribution in [0.25, 0.3) is 0 Å². The summed E-state index contributed by atoms with van der Waals surface area (Å²) in [7, 11) is 0. The van der Waals surface area contributed by atoms with E-state index in [1.54, 1.807) is 0 Å². The van der Waals surface area contributed by atoms with Crippen LogP contribution >= 0.6 is 15.9 Å². The van der Waals surface area contributed by atoms with Gasteiger partial charge < -0.3 is 5.32 Å². The van der Waals surface area contributed by atoms with Gasteiger partial charge in [-0.1, -0.05) is 28.1 Å². The van der Waals surface area contributed by atoms with Gasteiger partial charge in [-0.15, -0.1) is 0 Å². The molecule has 0 unspecified atom stereocenters. The Kier molecular flexibility index (Phi) is 1.96. The van der Waals surface area contributed by atoms with E-state index in [9.17, 15) is 0 Å². The molecule has 1 aromatic carbocycles. The zero-order valence-electron chi connectivity index (χ0n) is 6.18. The van der Waals surface area contributed by atoms with Crippen molar-refractivity contribution in [2.45, 2.75) is 12.5 Å². The second-order valence-corrected chi connectivity index (χ2v) is 3.77. The molecule has 1 N–H and O–H groups in total. The van der Waals surface area contributed by atoms with Gasteiger partial charge in [0.15, 0.2) is 0 Å². The molecule has 0 bridgehead atoms. The highest BCUT2D eigenvalue weighted by Gasteiger charge is 2.17. The molecule has 2 rings (SSSR count). The first-order chi connectivity index (χ1) is 5.36. The van der Waals surface area contributed by atoms with Crippen LogP contribution in [-0.2, 0) is 0 Å². The second kappa shape index (κ2) is 2.95. The molecule has 1 atom stereocenters. The first-order valence-electron chi connectivity index (χ1n) is 3.85. The van der Waals surface area contributed by atoms with Crippen molar-refractivity contribution in [1.82, 2.24) is 5.32 Å². The Labute approximate surface area is 74.9 Å². The minimum Gasteiger partial charge on any atom is -0.310 e. The van der Waals surface area contributed by atoms with Gasteiger partial charge in [0.2, 0.25) is 0 Å². The van der Waals surface area contributed by atoms with Crippen molar-refractivity contribution in [2.24, 2.45) is 0 Å². The SMILES string of the molecule is Brc1cccc([C@H]2CCN2)c1. The van der Waals surface area contributed by atoms with Gasteiger partial charge in [-0.2, -0.15) is 0 Å². The van der Waals surface area contributed by atoms with Gasteiger partial charge in [-0.05, 0) is 30.7 Å². The molecule has 1 aromatic rings. The average Bonchev–Trinajstić information content (AvgIpc) is 1.83. The number of rotatable bonds is 1. The smallest absolute Gasteiger partial charge is 0.0332 e. The van der Waals surface area contributed by atoms with Crippen molar-refractivity contribution in [3.05, 3.63) is 34.3 Å². The Bertz CT molecular complexity index is 255. The summed E-state index contributed by atoms with van der Waals surface area (Å²) in [5, 5.41) is 3.37. The second-order valence-electron chi connectivity index (χ2n) is 2.85. The monoisotopic (exact) mass is 211 g/mol. The molecule has 0 radical (unpaired) electrons. The van der Waals surface area contributed by atoms with Gasteiger partial charge in [-0.3, -0.25) is 0 Å². The molecule has 0 aliphatic carbocycles. The molecule has 1 saturated heterocycles. The van der Waals surface area contributed by atoms with E-state index in [1.165, 1.54) is 16.5 Å². The highest BCUT2D eigenvalue weighted by atomic mass is 79.9. The van der Waals surface area contributed by atoms with Crippen molar-refractivity contribution < 1.29 is 0 Å². The van der Waals surface area contributed by atoms with E-state index in [2.05, 4.69) is 45.5 Å². The molecular formula is C9H10BrN. The molecule has 0 aromatic heterocycles. The quantitative estimate of drug-likeness (QED) is 0.753. The van der Waals surface area contributed by atoms with Gasteiger partial charge in [-0.25, -0.2) is 0 Å². The molecule has 0 spiro atoms. The largest absolute Gasteiger partial charge is 0.310 e. The summed E-state index contributed by atoms with van der Waals surface area (Å²) >= 11 is 3.46. The van der Waals surface area contributed by atoms with E-state index < -0.39 is 0 Å². The van der Waals surface area contributed by atoms with Crippen LogP contribution in [0.1, 0.15) is 18.0 Å². The lowest BCUT2D eigenvalue weighted by Crippen LogP contribution is -2.34. The van der Waals surface area contributed by atoms with Crippen LogP contribution in [0.5, 0.6) is 0 Å². The third-order valence-electron chi connectivity index (χ3n) is 2.07. The highest BCUT2D eigenvalue weighted by molar-refractivity contribution is 9.10. The molecule has 0 saturated carbocycles. The van der Waals surface area contributed by atoms with E-state index >= 15 is 0 Å². The van der Waals surface area contributed by atoms with Crippen LogP contribution < -0.4 is 5.32 Å².